The van der Waals surface area contributed by atoms with Gasteiger partial charge in [-0.3, -0.25) is 0 Å². The van der Waals surface area contributed by atoms with Gasteiger partial charge >= 0.3 is 0 Å². The highest BCUT2D eigenvalue weighted by Crippen LogP contribution is 2.44. The summed E-state index contributed by atoms with van der Waals surface area (Å²) in [6, 6.07) is 63.9. The summed E-state index contributed by atoms with van der Waals surface area (Å²) in [5.74, 6) is 0. The van der Waals surface area contributed by atoms with Gasteiger partial charge in [0.1, 0.15) is 0 Å². The first-order chi connectivity index (χ1) is 25.2. The van der Waals surface area contributed by atoms with Gasteiger partial charge in [0.15, 0.2) is 0 Å². The van der Waals surface area contributed by atoms with Gasteiger partial charge in [0, 0.05) is 16.5 Å². The van der Waals surface area contributed by atoms with Crippen LogP contribution in [-0.2, 0) is 0 Å². The molecule has 0 saturated heterocycles. The van der Waals surface area contributed by atoms with Crippen LogP contribution in [0.3, 0.4) is 0 Å². The fourth-order valence-corrected chi connectivity index (χ4v) is 8.62. The van der Waals surface area contributed by atoms with Gasteiger partial charge in [-0.25, -0.2) is 0 Å². The standard InChI is InChI=1S/C49H28N2/c50-29-30-25-36-15-16-37-27-38(28-45-49(37)48(36)44(26-30)51(45)39-9-5-2-6-10-39)31-11-13-33(14-12-31)41-22-18-35-19-23-42-40(32-7-3-1-4-8-32)21-17-34-20-24-43(41)47(35)46(34)42/h1-28H. The van der Waals surface area contributed by atoms with Crippen molar-refractivity contribution in [1.82, 2.24) is 4.57 Å². The molecule has 0 aliphatic heterocycles. The van der Waals surface area contributed by atoms with E-state index in [0.717, 1.165) is 22.1 Å². The lowest BCUT2D eigenvalue weighted by Crippen LogP contribution is -1.94. The monoisotopic (exact) mass is 644 g/mol. The lowest BCUT2D eigenvalue weighted by Gasteiger charge is -2.16. The van der Waals surface area contributed by atoms with Crippen LogP contribution in [0, 0.1) is 11.3 Å². The third-order valence-corrected chi connectivity index (χ3v) is 10.9. The summed E-state index contributed by atoms with van der Waals surface area (Å²) in [6.45, 7) is 0. The minimum absolute atomic E-state index is 0.671. The predicted molar refractivity (Wildman–Crippen MR) is 214 cm³/mol. The maximum Gasteiger partial charge on any atom is 0.0992 e. The molecule has 0 radical (unpaired) electrons. The molecule has 51 heavy (non-hydrogen) atoms. The molecule has 11 aromatic rings. The number of hydrogen-bond donors (Lipinski definition) is 0. The molecule has 0 aliphatic rings. The largest absolute Gasteiger partial charge is 0.309 e. The zero-order chi connectivity index (χ0) is 33.6. The highest BCUT2D eigenvalue weighted by Gasteiger charge is 2.20. The van der Waals surface area contributed by atoms with Gasteiger partial charge in [0.2, 0.25) is 0 Å². The Labute approximate surface area is 294 Å². The first-order valence-electron chi connectivity index (χ1n) is 17.4. The van der Waals surface area contributed by atoms with Crippen molar-refractivity contribution in [2.75, 3.05) is 0 Å². The molecule has 0 bridgehead atoms. The molecular formula is C49H28N2. The van der Waals surface area contributed by atoms with Crippen LogP contribution in [0.4, 0.5) is 0 Å². The highest BCUT2D eigenvalue weighted by molar-refractivity contribution is 6.28. The Hall–Kier alpha value is -6.95. The topological polar surface area (TPSA) is 28.7 Å². The van der Waals surface area contributed by atoms with Gasteiger partial charge in [-0.05, 0) is 113 Å². The molecule has 0 fully saturated rings. The van der Waals surface area contributed by atoms with E-state index in [2.05, 4.69) is 162 Å². The predicted octanol–water partition coefficient (Wildman–Crippen LogP) is 13.1. The highest BCUT2D eigenvalue weighted by atomic mass is 15.0. The average Bonchev–Trinajstić information content (AvgIpc) is 3.54. The Balaban J connectivity index is 1.07. The molecule has 234 valence electrons. The third-order valence-electron chi connectivity index (χ3n) is 10.9. The van der Waals surface area contributed by atoms with Gasteiger partial charge in [0.05, 0.1) is 22.7 Å². The van der Waals surface area contributed by atoms with E-state index in [1.807, 2.05) is 18.2 Å². The van der Waals surface area contributed by atoms with Crippen molar-refractivity contribution in [1.29, 1.82) is 5.26 Å². The van der Waals surface area contributed by atoms with E-state index in [4.69, 9.17) is 0 Å². The Morgan fingerprint density at radius 2 is 0.882 bits per heavy atom. The quantitative estimate of drug-likeness (QED) is 0.175. The van der Waals surface area contributed by atoms with Crippen molar-refractivity contribution in [2.45, 2.75) is 0 Å². The minimum Gasteiger partial charge on any atom is -0.309 e. The molecule has 0 atom stereocenters. The zero-order valence-corrected chi connectivity index (χ0v) is 27.6. The van der Waals surface area contributed by atoms with E-state index >= 15 is 0 Å². The first-order valence-corrected chi connectivity index (χ1v) is 17.4. The molecule has 2 nitrogen and oxygen atoms in total. The van der Waals surface area contributed by atoms with Crippen LogP contribution in [0.25, 0.3) is 104 Å². The maximum absolute atomic E-state index is 9.87. The van der Waals surface area contributed by atoms with Crippen LogP contribution in [0.2, 0.25) is 0 Å². The van der Waals surface area contributed by atoms with Gasteiger partial charge in [0.25, 0.3) is 0 Å². The Morgan fingerprint density at radius 1 is 0.373 bits per heavy atom. The van der Waals surface area contributed by atoms with E-state index < -0.39 is 0 Å². The lowest BCUT2D eigenvalue weighted by atomic mass is 9.87. The lowest BCUT2D eigenvalue weighted by molar-refractivity contribution is 1.18. The second kappa shape index (κ2) is 10.5. The number of aromatic nitrogens is 1. The smallest absolute Gasteiger partial charge is 0.0992 e. The minimum atomic E-state index is 0.671. The van der Waals surface area contributed by atoms with Crippen LogP contribution in [0.5, 0.6) is 0 Å². The number of benzene rings is 10. The first kappa shape index (κ1) is 27.9. The van der Waals surface area contributed by atoms with Crippen molar-refractivity contribution in [3.63, 3.8) is 0 Å². The number of hydrogen-bond acceptors (Lipinski definition) is 1. The van der Waals surface area contributed by atoms with Gasteiger partial charge < -0.3 is 4.57 Å². The summed E-state index contributed by atoms with van der Waals surface area (Å²) < 4.78 is 2.32. The van der Waals surface area contributed by atoms with Crippen molar-refractivity contribution in [3.05, 3.63) is 175 Å². The maximum atomic E-state index is 9.87. The summed E-state index contributed by atoms with van der Waals surface area (Å²) in [5, 5.41) is 22.4. The van der Waals surface area contributed by atoms with Gasteiger partial charge in [-0.15, -0.1) is 0 Å². The van der Waals surface area contributed by atoms with Gasteiger partial charge in [-0.1, -0.05) is 133 Å². The molecule has 0 N–H and O–H groups in total. The van der Waals surface area contributed by atoms with Crippen LogP contribution >= 0.6 is 0 Å². The molecule has 0 amide bonds. The molecule has 0 spiro atoms. The number of nitrogens with zero attached hydrogens (tertiary/aromatic N) is 2. The average molecular weight is 645 g/mol. The molecule has 1 heterocycles. The number of para-hydroxylation sites is 1. The molecule has 10 aromatic carbocycles. The summed E-state index contributed by atoms with van der Waals surface area (Å²) in [4.78, 5) is 0. The summed E-state index contributed by atoms with van der Waals surface area (Å²) in [6.07, 6.45) is 0. The number of rotatable bonds is 4. The SMILES string of the molecule is N#Cc1cc2ccc3cc(-c4ccc(-c5ccc6ccc7c(-c8ccccc8)ccc8ccc5c6c87)cc4)cc4c3c2c(c1)n4-c1ccccc1. The van der Waals surface area contributed by atoms with E-state index in [-0.39, 0.29) is 0 Å². The summed E-state index contributed by atoms with van der Waals surface area (Å²) in [5.41, 5.74) is 11.3. The molecule has 0 unspecified atom stereocenters. The third kappa shape index (κ3) is 4.04. The normalized spacial score (nSPS) is 11.9. The fraction of sp³-hybridized carbons (Fsp3) is 0. The number of nitriles is 1. The second-order valence-corrected chi connectivity index (χ2v) is 13.6. The van der Waals surface area contributed by atoms with Crippen molar-refractivity contribution >= 4 is 64.9 Å². The van der Waals surface area contributed by atoms with Crippen LogP contribution in [0.1, 0.15) is 5.56 Å². The second-order valence-electron chi connectivity index (χ2n) is 13.6. The van der Waals surface area contributed by atoms with Crippen LogP contribution in [0.15, 0.2) is 170 Å². The van der Waals surface area contributed by atoms with E-state index in [9.17, 15) is 5.26 Å². The van der Waals surface area contributed by atoms with E-state index in [1.165, 1.54) is 81.9 Å². The van der Waals surface area contributed by atoms with Crippen LogP contribution in [-0.4, -0.2) is 4.57 Å². The molecule has 1 aromatic heterocycles. The molecule has 2 heteroatoms. The van der Waals surface area contributed by atoms with E-state index in [0.29, 0.717) is 5.56 Å². The fourth-order valence-electron chi connectivity index (χ4n) is 8.62. The Morgan fingerprint density at radius 3 is 1.51 bits per heavy atom. The molecule has 11 rings (SSSR count). The molecular weight excluding hydrogens is 617 g/mol. The van der Waals surface area contributed by atoms with Crippen molar-refractivity contribution < 1.29 is 0 Å². The summed E-state index contributed by atoms with van der Waals surface area (Å²) in [7, 11) is 0. The van der Waals surface area contributed by atoms with Crippen molar-refractivity contribution in [2.24, 2.45) is 0 Å². The molecule has 0 aliphatic carbocycles. The summed E-state index contributed by atoms with van der Waals surface area (Å²) >= 11 is 0. The Bertz CT molecular complexity index is 3160. The van der Waals surface area contributed by atoms with Crippen molar-refractivity contribution in [3.8, 4) is 45.1 Å². The van der Waals surface area contributed by atoms with Gasteiger partial charge in [-0.2, -0.15) is 5.26 Å². The van der Waals surface area contributed by atoms with Crippen LogP contribution < -0.4 is 0 Å². The van der Waals surface area contributed by atoms with E-state index in [1.54, 1.807) is 0 Å². The Kier molecular flexibility index (Phi) is 5.77. The zero-order valence-electron chi connectivity index (χ0n) is 27.6. The molecule has 0 saturated carbocycles.